The van der Waals surface area contributed by atoms with E-state index in [-0.39, 0.29) is 5.91 Å². The van der Waals surface area contributed by atoms with Crippen LogP contribution >= 0.6 is 22.9 Å². The summed E-state index contributed by atoms with van der Waals surface area (Å²) in [4.78, 5) is 15.0. The van der Waals surface area contributed by atoms with Gasteiger partial charge in [0, 0.05) is 18.8 Å². The number of rotatable bonds is 2. The number of anilines is 1. The minimum Gasteiger partial charge on any atom is -0.321 e. The third-order valence-corrected chi connectivity index (χ3v) is 4.83. The maximum Gasteiger partial charge on any atom is 0.267 e. The fourth-order valence-corrected chi connectivity index (χ4v) is 3.46. The molecule has 0 bridgehead atoms. The number of hydrogen-bond acceptors (Lipinski definition) is 3. The van der Waals surface area contributed by atoms with Gasteiger partial charge in [-0.3, -0.25) is 4.79 Å². The molecule has 0 unspecified atom stereocenters. The zero-order chi connectivity index (χ0) is 14.1. The number of nitrogens with one attached hydrogen (secondary N) is 1. The Morgan fingerprint density at radius 3 is 2.95 bits per heavy atom. The van der Waals surface area contributed by atoms with Crippen molar-refractivity contribution in [2.75, 3.05) is 18.9 Å². The Balaban J connectivity index is 1.80. The van der Waals surface area contributed by atoms with Crippen molar-refractivity contribution in [3.8, 4) is 0 Å². The molecule has 1 aliphatic rings. The van der Waals surface area contributed by atoms with Gasteiger partial charge in [-0.15, -0.1) is 11.3 Å². The van der Waals surface area contributed by atoms with Crippen molar-refractivity contribution in [2.45, 2.75) is 13.0 Å². The number of thiophene rings is 1. The van der Waals surface area contributed by atoms with Crippen molar-refractivity contribution in [1.82, 2.24) is 4.90 Å². The number of amides is 1. The molecule has 0 spiro atoms. The Morgan fingerprint density at radius 2 is 2.20 bits per heavy atom. The highest BCUT2D eigenvalue weighted by Crippen LogP contribution is 2.25. The zero-order valence-electron chi connectivity index (χ0n) is 11.1. The maximum atomic E-state index is 12.1. The first kappa shape index (κ1) is 13.6. The van der Waals surface area contributed by atoms with Crippen LogP contribution in [0, 0.1) is 0 Å². The first-order valence-electron chi connectivity index (χ1n) is 6.48. The molecule has 1 aromatic carbocycles. The third-order valence-electron chi connectivity index (χ3n) is 3.49. The number of fused-ring (bicyclic) bond motifs is 1. The lowest BCUT2D eigenvalue weighted by Gasteiger charge is -2.25. The van der Waals surface area contributed by atoms with Gasteiger partial charge in [-0.2, -0.15) is 0 Å². The van der Waals surface area contributed by atoms with Crippen molar-refractivity contribution in [3.05, 3.63) is 50.7 Å². The topological polar surface area (TPSA) is 32.3 Å². The van der Waals surface area contributed by atoms with Gasteiger partial charge >= 0.3 is 0 Å². The first-order chi connectivity index (χ1) is 9.63. The van der Waals surface area contributed by atoms with Gasteiger partial charge in [0.25, 0.3) is 5.91 Å². The Morgan fingerprint density at radius 1 is 1.35 bits per heavy atom. The molecule has 3 rings (SSSR count). The van der Waals surface area contributed by atoms with Crippen LogP contribution in [0.15, 0.2) is 29.6 Å². The predicted octanol–water partition coefficient (Wildman–Crippen LogP) is 3.64. The summed E-state index contributed by atoms with van der Waals surface area (Å²) in [7, 11) is 2.11. The molecule has 20 heavy (non-hydrogen) atoms. The van der Waals surface area contributed by atoms with E-state index < -0.39 is 0 Å². The monoisotopic (exact) mass is 306 g/mol. The molecule has 2 heterocycles. The van der Waals surface area contributed by atoms with E-state index in [4.69, 9.17) is 11.6 Å². The second kappa shape index (κ2) is 5.56. The smallest absolute Gasteiger partial charge is 0.267 e. The number of nitrogens with zero attached hydrogens (tertiary/aromatic N) is 1. The molecule has 1 N–H and O–H groups in total. The SMILES string of the molecule is CN1CCc2ccc(NC(=O)c3sccc3Cl)cc2C1. The van der Waals surface area contributed by atoms with Gasteiger partial charge in [-0.1, -0.05) is 17.7 Å². The van der Waals surface area contributed by atoms with Gasteiger partial charge in [0.05, 0.1) is 5.02 Å². The third kappa shape index (κ3) is 2.73. The molecule has 1 aromatic heterocycles. The highest BCUT2D eigenvalue weighted by molar-refractivity contribution is 7.12. The summed E-state index contributed by atoms with van der Waals surface area (Å²) in [6, 6.07) is 7.87. The van der Waals surface area contributed by atoms with Crippen LogP contribution in [0.25, 0.3) is 0 Å². The number of halogens is 1. The first-order valence-corrected chi connectivity index (χ1v) is 7.74. The summed E-state index contributed by atoms with van der Waals surface area (Å²) in [5.41, 5.74) is 3.48. The van der Waals surface area contributed by atoms with E-state index in [9.17, 15) is 4.79 Å². The Labute approximate surface area is 127 Å². The van der Waals surface area contributed by atoms with Gasteiger partial charge < -0.3 is 10.2 Å². The van der Waals surface area contributed by atoms with E-state index in [1.807, 2.05) is 11.4 Å². The summed E-state index contributed by atoms with van der Waals surface area (Å²) >= 11 is 7.33. The van der Waals surface area contributed by atoms with Crippen LogP contribution in [-0.2, 0) is 13.0 Å². The lowest BCUT2D eigenvalue weighted by atomic mass is 9.99. The lowest BCUT2D eigenvalue weighted by molar-refractivity contribution is 0.103. The molecular weight excluding hydrogens is 292 g/mol. The molecule has 1 amide bonds. The average molecular weight is 307 g/mol. The van der Waals surface area contributed by atoms with E-state index in [0.29, 0.717) is 9.90 Å². The zero-order valence-corrected chi connectivity index (χ0v) is 12.7. The Hall–Kier alpha value is -1.36. The molecule has 0 radical (unpaired) electrons. The number of carbonyl (C=O) groups is 1. The number of hydrogen-bond donors (Lipinski definition) is 1. The summed E-state index contributed by atoms with van der Waals surface area (Å²) in [5.74, 6) is -0.144. The number of likely N-dealkylation sites (N-methyl/N-ethyl adjacent to an activating group) is 1. The van der Waals surface area contributed by atoms with E-state index in [0.717, 1.165) is 25.2 Å². The van der Waals surface area contributed by atoms with Crippen LogP contribution in [0.5, 0.6) is 0 Å². The summed E-state index contributed by atoms with van der Waals surface area (Å²) in [6.45, 7) is 2.02. The van der Waals surface area contributed by atoms with Crippen LogP contribution in [-0.4, -0.2) is 24.4 Å². The highest BCUT2D eigenvalue weighted by Gasteiger charge is 2.15. The van der Waals surface area contributed by atoms with Crippen molar-refractivity contribution in [3.63, 3.8) is 0 Å². The molecule has 3 nitrogen and oxygen atoms in total. The molecule has 0 saturated carbocycles. The quantitative estimate of drug-likeness (QED) is 0.918. The summed E-state index contributed by atoms with van der Waals surface area (Å²) < 4.78 is 0. The molecule has 0 aliphatic carbocycles. The number of benzene rings is 1. The second-order valence-electron chi connectivity index (χ2n) is 5.02. The Kier molecular flexibility index (Phi) is 3.78. The van der Waals surface area contributed by atoms with Crippen molar-refractivity contribution in [1.29, 1.82) is 0 Å². The lowest BCUT2D eigenvalue weighted by Crippen LogP contribution is -2.26. The Bertz CT molecular complexity index is 653. The standard InChI is InChI=1S/C15H15ClN2OS/c1-18-6-4-10-2-3-12(8-11(10)9-18)17-15(19)14-13(16)5-7-20-14/h2-3,5,7-8H,4,6,9H2,1H3,(H,17,19). The molecular formula is C15H15ClN2OS. The average Bonchev–Trinajstić information content (AvgIpc) is 2.84. The summed E-state index contributed by atoms with van der Waals surface area (Å²) in [5, 5.41) is 5.24. The maximum absolute atomic E-state index is 12.1. The van der Waals surface area contributed by atoms with Crippen LogP contribution in [0.2, 0.25) is 5.02 Å². The van der Waals surface area contributed by atoms with Crippen LogP contribution in [0.1, 0.15) is 20.8 Å². The molecule has 2 aromatic rings. The molecule has 5 heteroatoms. The molecule has 0 saturated heterocycles. The molecule has 0 atom stereocenters. The minimum atomic E-state index is -0.144. The van der Waals surface area contributed by atoms with E-state index in [2.05, 4.69) is 29.4 Å². The predicted molar refractivity (Wildman–Crippen MR) is 83.8 cm³/mol. The van der Waals surface area contributed by atoms with E-state index in [1.54, 1.807) is 6.07 Å². The van der Waals surface area contributed by atoms with E-state index >= 15 is 0 Å². The van der Waals surface area contributed by atoms with Crippen LogP contribution in [0.4, 0.5) is 5.69 Å². The van der Waals surface area contributed by atoms with Gasteiger partial charge in [0.1, 0.15) is 4.88 Å². The van der Waals surface area contributed by atoms with E-state index in [1.165, 1.54) is 22.5 Å². The fourth-order valence-electron chi connectivity index (χ4n) is 2.42. The van der Waals surface area contributed by atoms with Gasteiger partial charge in [-0.25, -0.2) is 0 Å². The molecule has 104 valence electrons. The van der Waals surface area contributed by atoms with Crippen LogP contribution in [0.3, 0.4) is 0 Å². The van der Waals surface area contributed by atoms with Crippen LogP contribution < -0.4 is 5.32 Å². The summed E-state index contributed by atoms with van der Waals surface area (Å²) in [6.07, 6.45) is 1.07. The second-order valence-corrected chi connectivity index (χ2v) is 6.35. The van der Waals surface area contributed by atoms with Gasteiger partial charge in [0.2, 0.25) is 0 Å². The minimum absolute atomic E-state index is 0.144. The van der Waals surface area contributed by atoms with Crippen molar-refractivity contribution in [2.24, 2.45) is 0 Å². The van der Waals surface area contributed by atoms with Gasteiger partial charge in [0.15, 0.2) is 0 Å². The normalized spacial score (nSPS) is 14.9. The van der Waals surface area contributed by atoms with Crippen molar-refractivity contribution >= 4 is 34.5 Å². The molecule has 1 aliphatic heterocycles. The van der Waals surface area contributed by atoms with Gasteiger partial charge in [-0.05, 0) is 48.2 Å². The highest BCUT2D eigenvalue weighted by atomic mass is 35.5. The van der Waals surface area contributed by atoms with Crippen molar-refractivity contribution < 1.29 is 4.79 Å². The fraction of sp³-hybridized carbons (Fsp3) is 0.267. The number of carbonyl (C=O) groups excluding carboxylic acids is 1. The molecule has 0 fully saturated rings. The largest absolute Gasteiger partial charge is 0.321 e.